The first-order chi connectivity index (χ1) is 23.3. The lowest BCUT2D eigenvalue weighted by atomic mass is 10.1. The van der Waals surface area contributed by atoms with Crippen LogP contribution in [0.4, 0.5) is 0 Å². The van der Waals surface area contributed by atoms with Gasteiger partial charge in [0.25, 0.3) is 0 Å². The van der Waals surface area contributed by atoms with E-state index < -0.39 is 0 Å². The van der Waals surface area contributed by atoms with Crippen molar-refractivity contribution in [2.45, 2.75) is 0 Å². The molecule has 4 heteroatoms. The molecule has 0 spiro atoms. The van der Waals surface area contributed by atoms with E-state index in [1.165, 1.54) is 43.6 Å². The minimum atomic E-state index is 0.936. The fraction of sp³-hybridized carbons (Fsp3) is 0. The minimum Gasteiger partial charge on any atom is -0.307 e. The normalized spacial score (nSPS) is 11.8. The van der Waals surface area contributed by atoms with Gasteiger partial charge in [-0.25, -0.2) is 4.98 Å². The van der Waals surface area contributed by atoms with Gasteiger partial charge in [0.2, 0.25) is 0 Å². The summed E-state index contributed by atoms with van der Waals surface area (Å²) in [5, 5.41) is 4.98. The van der Waals surface area contributed by atoms with Crippen molar-refractivity contribution in [1.29, 1.82) is 0 Å². The van der Waals surface area contributed by atoms with Gasteiger partial charge in [-0.1, -0.05) is 109 Å². The van der Waals surface area contributed by atoms with Crippen molar-refractivity contribution in [3.63, 3.8) is 0 Å². The summed E-state index contributed by atoms with van der Waals surface area (Å²) < 4.78 is 7.14. The van der Waals surface area contributed by atoms with Crippen LogP contribution in [0.3, 0.4) is 0 Å². The molecule has 47 heavy (non-hydrogen) atoms. The second kappa shape index (κ2) is 10.1. The Bertz CT molecular complexity index is 2760. The summed E-state index contributed by atoms with van der Waals surface area (Å²) >= 11 is 0. The molecule has 0 atom stereocenters. The molecule has 0 aliphatic heterocycles. The fourth-order valence-electron chi connectivity index (χ4n) is 7.43. The molecule has 0 aliphatic rings. The zero-order valence-corrected chi connectivity index (χ0v) is 25.5. The van der Waals surface area contributed by atoms with Crippen LogP contribution in [0.15, 0.2) is 170 Å². The third kappa shape index (κ3) is 3.79. The molecule has 0 N–H and O–H groups in total. The molecule has 7 aromatic carbocycles. The minimum absolute atomic E-state index is 0.936. The van der Waals surface area contributed by atoms with E-state index in [1.54, 1.807) is 0 Å². The summed E-state index contributed by atoms with van der Waals surface area (Å²) in [5.41, 5.74) is 11.3. The summed E-state index contributed by atoms with van der Waals surface area (Å²) in [4.78, 5) is 5.06. The van der Waals surface area contributed by atoms with Crippen LogP contribution in [0.5, 0.6) is 0 Å². The predicted molar refractivity (Wildman–Crippen MR) is 195 cm³/mol. The van der Waals surface area contributed by atoms with Gasteiger partial charge < -0.3 is 9.13 Å². The molecule has 0 amide bonds. The molecular formula is C43H28N4. The van der Waals surface area contributed by atoms with E-state index in [-0.39, 0.29) is 0 Å². The third-order valence-electron chi connectivity index (χ3n) is 9.44. The Kier molecular flexibility index (Phi) is 5.54. The first-order valence-electron chi connectivity index (χ1n) is 16.0. The molecule has 0 saturated carbocycles. The lowest BCUT2D eigenvalue weighted by molar-refractivity contribution is 1.09. The smallest absolute Gasteiger partial charge is 0.145 e. The van der Waals surface area contributed by atoms with Crippen LogP contribution in [0.2, 0.25) is 0 Å². The summed E-state index contributed by atoms with van der Waals surface area (Å²) in [7, 11) is 0. The van der Waals surface area contributed by atoms with E-state index in [2.05, 4.69) is 177 Å². The van der Waals surface area contributed by atoms with Crippen molar-refractivity contribution in [2.75, 3.05) is 0 Å². The van der Waals surface area contributed by atoms with Crippen molar-refractivity contribution in [1.82, 2.24) is 18.7 Å². The number of imidazole rings is 1. The second-order valence-corrected chi connectivity index (χ2v) is 12.0. The highest BCUT2D eigenvalue weighted by molar-refractivity contribution is 6.23. The highest BCUT2D eigenvalue weighted by Gasteiger charge is 2.21. The van der Waals surface area contributed by atoms with Gasteiger partial charge in [0, 0.05) is 44.2 Å². The fourth-order valence-corrected chi connectivity index (χ4v) is 7.43. The van der Waals surface area contributed by atoms with Crippen LogP contribution >= 0.6 is 0 Å². The van der Waals surface area contributed by atoms with E-state index in [0.29, 0.717) is 0 Å². The first-order valence-corrected chi connectivity index (χ1v) is 16.0. The molecule has 4 nitrogen and oxygen atoms in total. The SMILES string of the molecule is c1ccc(-c2nc3ccccc3n2-c2ccc(-n3c4ccccc4c4ccc5c6ccccc6n(-c6ccccc6)c5c43)cc2)cc1. The Hall–Kier alpha value is -6.39. The van der Waals surface area contributed by atoms with Crippen LogP contribution in [0.25, 0.3) is 83.1 Å². The Labute approximate surface area is 271 Å². The number of rotatable bonds is 4. The molecule has 10 aromatic rings. The van der Waals surface area contributed by atoms with Gasteiger partial charge in [0.1, 0.15) is 5.82 Å². The Balaban J connectivity index is 1.27. The van der Waals surface area contributed by atoms with Gasteiger partial charge in [-0.05, 0) is 60.7 Å². The van der Waals surface area contributed by atoms with Crippen LogP contribution in [0, 0.1) is 0 Å². The van der Waals surface area contributed by atoms with E-state index in [1.807, 2.05) is 6.07 Å². The molecular weight excluding hydrogens is 573 g/mol. The maximum Gasteiger partial charge on any atom is 0.145 e. The average molecular weight is 601 g/mol. The Morgan fingerprint density at radius 1 is 0.319 bits per heavy atom. The van der Waals surface area contributed by atoms with Gasteiger partial charge in [-0.2, -0.15) is 0 Å². The lowest BCUT2D eigenvalue weighted by Gasteiger charge is -2.14. The summed E-state index contributed by atoms with van der Waals surface area (Å²) in [6.07, 6.45) is 0. The molecule has 0 unspecified atom stereocenters. The largest absolute Gasteiger partial charge is 0.307 e. The van der Waals surface area contributed by atoms with Crippen molar-refractivity contribution in [3.8, 4) is 28.5 Å². The van der Waals surface area contributed by atoms with Gasteiger partial charge in [0.15, 0.2) is 0 Å². The third-order valence-corrected chi connectivity index (χ3v) is 9.44. The Morgan fingerprint density at radius 2 is 0.766 bits per heavy atom. The molecule has 0 fully saturated rings. The van der Waals surface area contributed by atoms with E-state index in [0.717, 1.165) is 39.5 Å². The molecule has 0 radical (unpaired) electrons. The van der Waals surface area contributed by atoms with E-state index >= 15 is 0 Å². The topological polar surface area (TPSA) is 27.7 Å². The number of hydrogen-bond acceptors (Lipinski definition) is 1. The second-order valence-electron chi connectivity index (χ2n) is 12.0. The van der Waals surface area contributed by atoms with Gasteiger partial charge in [0.05, 0.1) is 33.1 Å². The van der Waals surface area contributed by atoms with E-state index in [9.17, 15) is 0 Å². The van der Waals surface area contributed by atoms with Crippen LogP contribution < -0.4 is 0 Å². The maximum absolute atomic E-state index is 5.06. The molecule has 3 heterocycles. The monoisotopic (exact) mass is 600 g/mol. The lowest BCUT2D eigenvalue weighted by Crippen LogP contribution is -2.00. The van der Waals surface area contributed by atoms with Crippen molar-refractivity contribution >= 4 is 54.6 Å². The summed E-state index contributed by atoms with van der Waals surface area (Å²) in [6.45, 7) is 0. The number of hydrogen-bond donors (Lipinski definition) is 0. The predicted octanol–water partition coefficient (Wildman–Crippen LogP) is 10.9. The Morgan fingerprint density at radius 3 is 1.36 bits per heavy atom. The summed E-state index contributed by atoms with van der Waals surface area (Å²) in [6, 6.07) is 60.6. The quantitative estimate of drug-likeness (QED) is 0.197. The molecule has 220 valence electrons. The molecule has 10 rings (SSSR count). The molecule has 0 aliphatic carbocycles. The highest BCUT2D eigenvalue weighted by atomic mass is 15.1. The number of nitrogens with zero attached hydrogens (tertiary/aromatic N) is 4. The van der Waals surface area contributed by atoms with Crippen LogP contribution in [0.1, 0.15) is 0 Å². The standard InChI is InChI=1S/C43H28N4/c1-3-13-29(14-4-1)43-44-37-19-9-12-22-40(37)47(43)32-25-23-31(24-26-32)46-39-21-11-8-18-34(39)36-28-27-35-33-17-7-10-20-38(33)45(41(35)42(36)46)30-15-5-2-6-16-30/h1-28H. The average Bonchev–Trinajstić information content (AvgIpc) is 3.81. The number of para-hydroxylation sites is 5. The van der Waals surface area contributed by atoms with Crippen LogP contribution in [-0.4, -0.2) is 18.7 Å². The molecule has 0 saturated heterocycles. The van der Waals surface area contributed by atoms with Gasteiger partial charge >= 0.3 is 0 Å². The van der Waals surface area contributed by atoms with E-state index in [4.69, 9.17) is 4.98 Å². The van der Waals surface area contributed by atoms with Crippen molar-refractivity contribution in [2.24, 2.45) is 0 Å². The van der Waals surface area contributed by atoms with Gasteiger partial charge in [-0.15, -0.1) is 0 Å². The zero-order valence-electron chi connectivity index (χ0n) is 25.5. The van der Waals surface area contributed by atoms with Crippen molar-refractivity contribution < 1.29 is 0 Å². The molecule has 0 bridgehead atoms. The molecule has 3 aromatic heterocycles. The summed E-state index contributed by atoms with van der Waals surface area (Å²) in [5.74, 6) is 0.936. The number of benzene rings is 7. The van der Waals surface area contributed by atoms with Crippen molar-refractivity contribution in [3.05, 3.63) is 170 Å². The zero-order chi connectivity index (χ0) is 30.9. The number of aromatic nitrogens is 4. The van der Waals surface area contributed by atoms with Crippen LogP contribution in [-0.2, 0) is 0 Å². The highest BCUT2D eigenvalue weighted by Crippen LogP contribution is 2.41. The van der Waals surface area contributed by atoms with Gasteiger partial charge in [-0.3, -0.25) is 4.57 Å². The number of fused-ring (bicyclic) bond motifs is 8. The maximum atomic E-state index is 5.06. The first kappa shape index (κ1) is 25.9.